The Morgan fingerprint density at radius 1 is 1.08 bits per heavy atom. The smallest absolute Gasteiger partial charge is 0.227 e. The van der Waals surface area contributed by atoms with Crippen molar-refractivity contribution in [2.45, 2.75) is 71.0 Å². The number of fused-ring (bicyclic) bond motifs is 1. The molecule has 0 atom stereocenters. The zero-order valence-electron chi connectivity index (χ0n) is 21.7. The highest BCUT2D eigenvalue weighted by Crippen LogP contribution is 2.26. The van der Waals surface area contributed by atoms with Crippen LogP contribution >= 0.6 is 0 Å². The van der Waals surface area contributed by atoms with E-state index in [1.807, 2.05) is 42.9 Å². The first kappa shape index (κ1) is 24.7. The van der Waals surface area contributed by atoms with Crippen LogP contribution in [0.3, 0.4) is 0 Å². The van der Waals surface area contributed by atoms with Gasteiger partial charge in [-0.05, 0) is 39.5 Å². The lowest BCUT2D eigenvalue weighted by Crippen LogP contribution is -2.39. The molecule has 4 N–H and O–H groups in total. The Kier molecular flexibility index (Phi) is 7.34. The molecule has 4 aromatic rings. The topological polar surface area (TPSA) is 125 Å². The molecule has 1 aromatic carbocycles. The number of carbonyl (C=O) groups excluding carboxylic acids is 1. The van der Waals surface area contributed by atoms with Crippen LogP contribution < -0.4 is 16.0 Å². The molecule has 3 aromatic heterocycles. The lowest BCUT2D eigenvalue weighted by atomic mass is 9.91. The summed E-state index contributed by atoms with van der Waals surface area (Å²) in [7, 11) is 0. The maximum Gasteiger partial charge on any atom is 0.227 e. The largest absolute Gasteiger partial charge is 0.368 e. The Balaban J connectivity index is 1.28. The van der Waals surface area contributed by atoms with Crippen LogP contribution in [0.5, 0.6) is 0 Å². The van der Waals surface area contributed by atoms with Gasteiger partial charge in [-0.1, -0.05) is 30.3 Å². The zero-order chi connectivity index (χ0) is 25.8. The number of rotatable bonds is 9. The normalized spacial score (nSPS) is 17.7. The molecular weight excluding hydrogens is 466 g/mol. The fourth-order valence-corrected chi connectivity index (χ4v) is 4.88. The van der Waals surface area contributed by atoms with Crippen molar-refractivity contribution in [3.8, 4) is 11.4 Å². The van der Waals surface area contributed by atoms with Crippen molar-refractivity contribution in [2.24, 2.45) is 0 Å². The number of carbonyl (C=O) groups is 1. The molecule has 0 bridgehead atoms. The van der Waals surface area contributed by atoms with Crippen molar-refractivity contribution in [2.75, 3.05) is 17.2 Å². The molecule has 1 saturated carbocycles. The predicted octanol–water partition coefficient (Wildman–Crippen LogP) is 4.31. The van der Waals surface area contributed by atoms with Gasteiger partial charge in [-0.2, -0.15) is 9.97 Å². The predicted molar refractivity (Wildman–Crippen MR) is 145 cm³/mol. The third-order valence-corrected chi connectivity index (χ3v) is 6.81. The maximum atomic E-state index is 11.4. The quantitative estimate of drug-likeness (QED) is 0.269. The minimum atomic E-state index is 0.0364. The van der Waals surface area contributed by atoms with Crippen LogP contribution in [0.1, 0.15) is 58.2 Å². The lowest BCUT2D eigenvalue weighted by molar-refractivity contribution is -0.119. The molecule has 0 aliphatic heterocycles. The van der Waals surface area contributed by atoms with Crippen molar-refractivity contribution in [3.05, 3.63) is 48.5 Å². The first-order valence-electron chi connectivity index (χ1n) is 13.1. The third-order valence-electron chi connectivity index (χ3n) is 6.81. The summed E-state index contributed by atoms with van der Waals surface area (Å²) < 4.78 is 2.07. The second kappa shape index (κ2) is 11.0. The molecule has 1 aliphatic carbocycles. The van der Waals surface area contributed by atoms with Gasteiger partial charge in [0.25, 0.3) is 0 Å². The zero-order valence-corrected chi connectivity index (χ0v) is 21.7. The number of imidazole rings is 2. The van der Waals surface area contributed by atoms with E-state index in [-0.39, 0.29) is 24.0 Å². The van der Waals surface area contributed by atoms with Gasteiger partial charge in [0.05, 0.1) is 6.33 Å². The minimum absolute atomic E-state index is 0.0364. The van der Waals surface area contributed by atoms with Crippen molar-refractivity contribution in [3.63, 3.8) is 0 Å². The maximum absolute atomic E-state index is 11.4. The van der Waals surface area contributed by atoms with Crippen molar-refractivity contribution >= 4 is 28.8 Å². The number of aromatic nitrogens is 6. The first-order valence-corrected chi connectivity index (χ1v) is 13.1. The van der Waals surface area contributed by atoms with E-state index >= 15 is 0 Å². The second-order valence-corrected chi connectivity index (χ2v) is 10.0. The summed E-state index contributed by atoms with van der Waals surface area (Å²) >= 11 is 0. The molecule has 10 heteroatoms. The number of hydrogen-bond donors (Lipinski definition) is 4. The van der Waals surface area contributed by atoms with E-state index in [0.29, 0.717) is 12.5 Å². The molecule has 1 fully saturated rings. The van der Waals surface area contributed by atoms with Crippen LogP contribution in [-0.2, 0) is 11.2 Å². The molecule has 0 saturated heterocycles. The number of benzene rings is 1. The molecule has 3 heterocycles. The summed E-state index contributed by atoms with van der Waals surface area (Å²) in [6.07, 6.45) is 8.31. The Morgan fingerprint density at radius 3 is 2.57 bits per heavy atom. The number of amides is 1. The van der Waals surface area contributed by atoms with Gasteiger partial charge in [-0.15, -0.1) is 0 Å². The van der Waals surface area contributed by atoms with Crippen molar-refractivity contribution in [1.82, 2.24) is 34.8 Å². The van der Waals surface area contributed by atoms with Crippen LogP contribution in [0.4, 0.5) is 11.8 Å². The average molecular weight is 502 g/mol. The van der Waals surface area contributed by atoms with Crippen LogP contribution in [0.15, 0.2) is 42.9 Å². The Bertz CT molecular complexity index is 1340. The number of anilines is 2. The molecule has 0 radical (unpaired) electrons. The van der Waals surface area contributed by atoms with Crippen molar-refractivity contribution in [1.29, 1.82) is 0 Å². The highest BCUT2D eigenvalue weighted by atomic mass is 16.1. The summed E-state index contributed by atoms with van der Waals surface area (Å²) in [5.41, 5.74) is 3.71. The van der Waals surface area contributed by atoms with Gasteiger partial charge in [-0.3, -0.25) is 4.79 Å². The standard InChI is InChI=1S/C27H35N9O/c1-17(2)36-16-30-23-25(28-14-13-22-15-29-24(32-22)19-7-5-4-6-8-19)34-27(35-26(23)36)33-21-11-9-20(10-12-21)31-18(3)37/h4-8,15-17,20-21H,9-14H2,1-3H3,(H,29,32)(H,31,37)(H2,28,33,34,35). The fourth-order valence-electron chi connectivity index (χ4n) is 4.88. The Morgan fingerprint density at radius 2 is 1.84 bits per heavy atom. The minimum Gasteiger partial charge on any atom is -0.368 e. The average Bonchev–Trinajstić information content (AvgIpc) is 3.53. The third kappa shape index (κ3) is 5.90. The van der Waals surface area contributed by atoms with Gasteiger partial charge < -0.3 is 25.5 Å². The Labute approximate surface area is 216 Å². The van der Waals surface area contributed by atoms with Crippen LogP contribution in [-0.4, -0.2) is 54.0 Å². The first-order chi connectivity index (χ1) is 18.0. The van der Waals surface area contributed by atoms with E-state index in [1.54, 1.807) is 6.92 Å². The summed E-state index contributed by atoms with van der Waals surface area (Å²) in [5.74, 6) is 2.24. The molecule has 37 heavy (non-hydrogen) atoms. The summed E-state index contributed by atoms with van der Waals surface area (Å²) in [5, 5.41) is 10.1. The van der Waals surface area contributed by atoms with E-state index in [9.17, 15) is 4.79 Å². The molecule has 194 valence electrons. The SMILES string of the molecule is CC(=O)NC1CCC(Nc2nc(NCCc3cnc(-c4ccccc4)[nH]3)c3ncn(C(C)C)c3n2)CC1. The second-order valence-electron chi connectivity index (χ2n) is 10.0. The lowest BCUT2D eigenvalue weighted by Gasteiger charge is -2.29. The molecule has 0 unspecified atom stereocenters. The van der Waals surface area contributed by atoms with Crippen molar-refractivity contribution < 1.29 is 4.79 Å². The number of H-pyrrole nitrogens is 1. The van der Waals surface area contributed by atoms with E-state index in [2.05, 4.69) is 49.3 Å². The van der Waals surface area contributed by atoms with Crippen LogP contribution in [0, 0.1) is 0 Å². The molecular formula is C27H35N9O. The van der Waals surface area contributed by atoms with Crippen LogP contribution in [0.25, 0.3) is 22.6 Å². The fraction of sp³-hybridized carbons (Fsp3) is 0.444. The van der Waals surface area contributed by atoms with E-state index in [4.69, 9.17) is 9.97 Å². The van der Waals surface area contributed by atoms with Gasteiger partial charge in [0.1, 0.15) is 5.82 Å². The summed E-state index contributed by atoms with van der Waals surface area (Å²) in [4.78, 5) is 33.6. The van der Waals surface area contributed by atoms with Gasteiger partial charge in [0, 0.05) is 55.5 Å². The monoisotopic (exact) mass is 501 g/mol. The van der Waals surface area contributed by atoms with E-state index in [0.717, 1.165) is 66.2 Å². The molecule has 10 nitrogen and oxygen atoms in total. The molecule has 0 spiro atoms. The molecule has 1 amide bonds. The number of hydrogen-bond acceptors (Lipinski definition) is 7. The van der Waals surface area contributed by atoms with Gasteiger partial charge in [-0.25, -0.2) is 9.97 Å². The molecule has 5 rings (SSSR count). The number of aromatic amines is 1. The highest BCUT2D eigenvalue weighted by Gasteiger charge is 2.23. The Hall–Kier alpha value is -3.95. The number of nitrogens with zero attached hydrogens (tertiary/aromatic N) is 5. The molecule has 1 aliphatic rings. The van der Waals surface area contributed by atoms with Gasteiger partial charge in [0.15, 0.2) is 17.0 Å². The highest BCUT2D eigenvalue weighted by molar-refractivity contribution is 5.84. The summed E-state index contributed by atoms with van der Waals surface area (Å²) in [6, 6.07) is 10.9. The van der Waals surface area contributed by atoms with Crippen LogP contribution in [0.2, 0.25) is 0 Å². The number of nitrogens with one attached hydrogen (secondary N) is 4. The van der Waals surface area contributed by atoms with Gasteiger partial charge >= 0.3 is 0 Å². The van der Waals surface area contributed by atoms with E-state index < -0.39 is 0 Å². The summed E-state index contributed by atoms with van der Waals surface area (Å²) in [6.45, 7) is 6.50. The van der Waals surface area contributed by atoms with E-state index in [1.165, 1.54) is 0 Å². The van der Waals surface area contributed by atoms with Gasteiger partial charge in [0.2, 0.25) is 11.9 Å².